The average molecular weight is 311 g/mol. The van der Waals surface area contributed by atoms with Crippen molar-refractivity contribution in [1.82, 2.24) is 14.9 Å². The molecule has 1 aliphatic rings. The molecule has 1 saturated heterocycles. The summed E-state index contributed by atoms with van der Waals surface area (Å²) in [6, 6.07) is 1.69. The van der Waals surface area contributed by atoms with E-state index in [2.05, 4.69) is 9.97 Å². The maximum absolute atomic E-state index is 12.2. The highest BCUT2D eigenvalue weighted by Crippen LogP contribution is 2.21. The van der Waals surface area contributed by atoms with Crippen LogP contribution < -0.4 is 0 Å². The quantitative estimate of drug-likeness (QED) is 0.797. The van der Waals surface area contributed by atoms with Gasteiger partial charge < -0.3 is 9.64 Å². The molecule has 0 saturated carbocycles. The third-order valence-corrected chi connectivity index (χ3v) is 4.46. The van der Waals surface area contributed by atoms with Crippen LogP contribution in [0.3, 0.4) is 0 Å². The van der Waals surface area contributed by atoms with E-state index in [4.69, 9.17) is 4.74 Å². The van der Waals surface area contributed by atoms with Gasteiger partial charge in [0.2, 0.25) is 5.16 Å². The van der Waals surface area contributed by atoms with Gasteiger partial charge >= 0.3 is 6.09 Å². The van der Waals surface area contributed by atoms with Gasteiger partial charge in [-0.05, 0) is 39.2 Å². The van der Waals surface area contributed by atoms with E-state index < -0.39 is 16.4 Å². The van der Waals surface area contributed by atoms with Crippen LogP contribution in [0.15, 0.2) is 23.6 Å². The summed E-state index contributed by atoms with van der Waals surface area (Å²) in [4.78, 5) is 21.7. The maximum atomic E-state index is 12.2. The zero-order valence-electron chi connectivity index (χ0n) is 12.6. The molecule has 116 valence electrons. The van der Waals surface area contributed by atoms with Gasteiger partial charge in [-0.15, -0.1) is 0 Å². The molecular formula is C14H21N3O3S. The molecule has 2 rings (SSSR count). The minimum Gasteiger partial charge on any atom is -0.444 e. The fourth-order valence-electron chi connectivity index (χ4n) is 2.15. The third-order valence-electron chi connectivity index (χ3n) is 3.07. The second-order valence-electron chi connectivity index (χ2n) is 6.12. The largest absolute Gasteiger partial charge is 0.444 e. The Hall–Kier alpha value is -1.50. The first-order chi connectivity index (χ1) is 9.85. The van der Waals surface area contributed by atoms with E-state index >= 15 is 0 Å². The predicted molar refractivity (Wildman–Crippen MR) is 79.2 cm³/mol. The van der Waals surface area contributed by atoms with E-state index in [1.54, 1.807) is 23.4 Å². The zero-order chi connectivity index (χ0) is 15.5. The molecular weight excluding hydrogens is 290 g/mol. The predicted octanol–water partition coefficient (Wildman–Crippen LogP) is 1.84. The van der Waals surface area contributed by atoms with Crippen LogP contribution in [0.4, 0.5) is 4.79 Å². The smallest absolute Gasteiger partial charge is 0.410 e. The minimum absolute atomic E-state index is 0.196. The summed E-state index contributed by atoms with van der Waals surface area (Å²) in [5.74, 6) is 0.672. The Balaban J connectivity index is 1.86. The van der Waals surface area contributed by atoms with Crippen LogP contribution in [0.1, 0.15) is 27.2 Å². The van der Waals surface area contributed by atoms with Crippen molar-refractivity contribution in [2.24, 2.45) is 5.92 Å². The van der Waals surface area contributed by atoms with E-state index in [0.29, 0.717) is 24.0 Å². The topological polar surface area (TPSA) is 72.4 Å². The first-order valence-corrected chi connectivity index (χ1v) is 8.30. The van der Waals surface area contributed by atoms with Crippen molar-refractivity contribution in [3.8, 4) is 0 Å². The van der Waals surface area contributed by atoms with Crippen LogP contribution in [-0.2, 0) is 15.5 Å². The number of amides is 1. The van der Waals surface area contributed by atoms with Crippen molar-refractivity contribution in [3.63, 3.8) is 0 Å². The van der Waals surface area contributed by atoms with Crippen LogP contribution in [0.2, 0.25) is 0 Å². The van der Waals surface area contributed by atoms with Gasteiger partial charge in [-0.2, -0.15) is 0 Å². The molecule has 1 amide bonds. The molecule has 2 atom stereocenters. The summed E-state index contributed by atoms with van der Waals surface area (Å²) in [6.45, 7) is 6.76. The average Bonchev–Trinajstić information content (AvgIpc) is 2.86. The monoisotopic (exact) mass is 311 g/mol. The Morgan fingerprint density at radius 3 is 2.71 bits per heavy atom. The number of carbonyl (C=O) groups is 1. The summed E-state index contributed by atoms with van der Waals surface area (Å²) < 4.78 is 17.5. The maximum Gasteiger partial charge on any atom is 0.410 e. The summed E-state index contributed by atoms with van der Waals surface area (Å²) >= 11 is 0. The second-order valence-corrected chi connectivity index (χ2v) is 7.51. The molecule has 1 aromatic heterocycles. The van der Waals surface area contributed by atoms with Crippen LogP contribution in [-0.4, -0.2) is 49.6 Å². The molecule has 1 fully saturated rings. The van der Waals surface area contributed by atoms with Crippen molar-refractivity contribution in [2.75, 3.05) is 18.8 Å². The van der Waals surface area contributed by atoms with Crippen LogP contribution >= 0.6 is 0 Å². The van der Waals surface area contributed by atoms with Crippen LogP contribution in [0.5, 0.6) is 0 Å². The van der Waals surface area contributed by atoms with Crippen LogP contribution in [0, 0.1) is 5.92 Å². The number of carbonyl (C=O) groups excluding carboxylic acids is 1. The number of aromatic nitrogens is 2. The van der Waals surface area contributed by atoms with Gasteiger partial charge in [0.1, 0.15) is 5.60 Å². The van der Waals surface area contributed by atoms with Crippen molar-refractivity contribution in [1.29, 1.82) is 0 Å². The Labute approximate surface area is 127 Å². The summed E-state index contributed by atoms with van der Waals surface area (Å²) in [6.07, 6.45) is 3.70. The SMILES string of the molecule is CC(C)(C)OC(=O)N1CC[C@H](C[S@](=O)c2ncccn2)C1. The second kappa shape index (κ2) is 6.51. The van der Waals surface area contributed by atoms with Gasteiger partial charge in [-0.3, -0.25) is 4.21 Å². The van der Waals surface area contributed by atoms with Gasteiger partial charge in [-0.1, -0.05) is 0 Å². The highest BCUT2D eigenvalue weighted by atomic mass is 32.2. The van der Waals surface area contributed by atoms with Crippen LogP contribution in [0.25, 0.3) is 0 Å². The van der Waals surface area contributed by atoms with E-state index in [1.165, 1.54) is 0 Å². The van der Waals surface area contributed by atoms with E-state index in [1.807, 2.05) is 20.8 Å². The van der Waals surface area contributed by atoms with Crippen molar-refractivity contribution in [3.05, 3.63) is 18.5 Å². The molecule has 6 nitrogen and oxygen atoms in total. The Morgan fingerprint density at radius 2 is 2.10 bits per heavy atom. The lowest BCUT2D eigenvalue weighted by Gasteiger charge is -2.24. The molecule has 0 aliphatic carbocycles. The fraction of sp³-hybridized carbons (Fsp3) is 0.643. The number of hydrogen-bond donors (Lipinski definition) is 0. The molecule has 1 aromatic rings. The number of ether oxygens (including phenoxy) is 1. The van der Waals surface area contributed by atoms with Gasteiger partial charge in [0, 0.05) is 31.2 Å². The Kier molecular flexibility index (Phi) is 4.92. The van der Waals surface area contributed by atoms with E-state index in [9.17, 15) is 9.00 Å². The first kappa shape index (κ1) is 15.9. The molecule has 7 heteroatoms. The lowest BCUT2D eigenvalue weighted by Crippen LogP contribution is -2.35. The molecule has 0 radical (unpaired) electrons. The van der Waals surface area contributed by atoms with Crippen molar-refractivity contribution >= 4 is 16.9 Å². The lowest BCUT2D eigenvalue weighted by atomic mass is 10.2. The highest BCUT2D eigenvalue weighted by Gasteiger charge is 2.31. The molecule has 2 heterocycles. The van der Waals surface area contributed by atoms with Gasteiger partial charge in [0.15, 0.2) is 0 Å². The Bertz CT molecular complexity index is 516. The third kappa shape index (κ3) is 4.77. The number of rotatable bonds is 3. The number of likely N-dealkylation sites (tertiary alicyclic amines) is 1. The molecule has 0 bridgehead atoms. The standard InChI is InChI=1S/C14H21N3O3S/c1-14(2,3)20-13(18)17-8-5-11(9-17)10-21(19)12-15-6-4-7-16-12/h4,6-7,11H,5,8-10H2,1-3H3/t11-,21-/m0/s1. The molecule has 0 N–H and O–H groups in total. The van der Waals surface area contributed by atoms with Crippen molar-refractivity contribution < 1.29 is 13.7 Å². The lowest BCUT2D eigenvalue weighted by molar-refractivity contribution is 0.0289. The highest BCUT2D eigenvalue weighted by molar-refractivity contribution is 7.84. The molecule has 21 heavy (non-hydrogen) atoms. The fourth-order valence-corrected chi connectivity index (χ4v) is 3.36. The molecule has 0 unspecified atom stereocenters. The molecule has 0 spiro atoms. The zero-order valence-corrected chi connectivity index (χ0v) is 13.4. The number of hydrogen-bond acceptors (Lipinski definition) is 5. The van der Waals surface area contributed by atoms with Gasteiger partial charge in [-0.25, -0.2) is 14.8 Å². The van der Waals surface area contributed by atoms with E-state index in [-0.39, 0.29) is 12.0 Å². The first-order valence-electron chi connectivity index (χ1n) is 6.98. The normalized spacial score (nSPS) is 20.3. The molecule has 1 aliphatic heterocycles. The van der Waals surface area contributed by atoms with Crippen molar-refractivity contribution in [2.45, 2.75) is 37.9 Å². The van der Waals surface area contributed by atoms with E-state index in [0.717, 1.165) is 6.42 Å². The summed E-state index contributed by atoms with van der Waals surface area (Å²) in [7, 11) is -1.22. The number of nitrogens with zero attached hydrogens (tertiary/aromatic N) is 3. The Morgan fingerprint density at radius 1 is 1.43 bits per heavy atom. The molecule has 0 aromatic carbocycles. The van der Waals surface area contributed by atoms with Gasteiger partial charge in [0.05, 0.1) is 10.8 Å². The minimum atomic E-state index is -1.22. The van der Waals surface area contributed by atoms with Gasteiger partial charge in [0.25, 0.3) is 0 Å². The summed E-state index contributed by atoms with van der Waals surface area (Å²) in [5.41, 5.74) is -0.490. The summed E-state index contributed by atoms with van der Waals surface area (Å²) in [5, 5.41) is 0.355.